The van der Waals surface area contributed by atoms with Crippen LogP contribution in [0.1, 0.15) is 12.0 Å². The Morgan fingerprint density at radius 3 is 2.50 bits per heavy atom. The predicted octanol–water partition coefficient (Wildman–Crippen LogP) is 3.36. The van der Waals surface area contributed by atoms with Crippen LogP contribution in [0, 0.1) is 11.3 Å². The van der Waals surface area contributed by atoms with E-state index in [0.29, 0.717) is 12.0 Å². The molecule has 1 aliphatic rings. The van der Waals surface area contributed by atoms with Gasteiger partial charge in [0.25, 0.3) is 0 Å². The van der Waals surface area contributed by atoms with E-state index >= 15 is 0 Å². The smallest absolute Gasteiger partial charge is 0.225 e. The van der Waals surface area contributed by atoms with Crippen LogP contribution < -0.4 is 10.2 Å². The van der Waals surface area contributed by atoms with Gasteiger partial charge in [-0.3, -0.25) is 9.69 Å². The van der Waals surface area contributed by atoms with Gasteiger partial charge in [-0.15, -0.1) is 0 Å². The van der Waals surface area contributed by atoms with Gasteiger partial charge in [0.1, 0.15) is 0 Å². The van der Waals surface area contributed by atoms with E-state index in [4.69, 9.17) is 16.9 Å². The van der Waals surface area contributed by atoms with Crippen molar-refractivity contribution in [3.8, 4) is 6.07 Å². The van der Waals surface area contributed by atoms with E-state index < -0.39 is 0 Å². The first kappa shape index (κ1) is 18.2. The first-order valence-corrected chi connectivity index (χ1v) is 9.05. The molecule has 0 bridgehead atoms. The Morgan fingerprint density at radius 2 is 1.85 bits per heavy atom. The molecule has 134 valence electrons. The molecule has 0 saturated carbocycles. The molecule has 1 amide bonds. The Bertz CT molecular complexity index is 792. The monoisotopic (exact) mass is 368 g/mol. The quantitative estimate of drug-likeness (QED) is 0.879. The second-order valence-electron chi connectivity index (χ2n) is 6.30. The van der Waals surface area contributed by atoms with Crippen molar-refractivity contribution in [3.05, 3.63) is 59.1 Å². The summed E-state index contributed by atoms with van der Waals surface area (Å²) in [4.78, 5) is 16.7. The fourth-order valence-corrected chi connectivity index (χ4v) is 3.20. The van der Waals surface area contributed by atoms with Crippen LogP contribution in [0.4, 0.5) is 11.4 Å². The summed E-state index contributed by atoms with van der Waals surface area (Å²) in [5, 5.41) is 12.4. The normalized spacial score (nSPS) is 14.7. The predicted molar refractivity (Wildman–Crippen MR) is 105 cm³/mol. The molecule has 1 aliphatic heterocycles. The van der Waals surface area contributed by atoms with Gasteiger partial charge in [-0.1, -0.05) is 17.7 Å². The Hall–Kier alpha value is -2.55. The largest absolute Gasteiger partial charge is 0.369 e. The van der Waals surface area contributed by atoms with Crippen LogP contribution in [0.15, 0.2) is 48.5 Å². The number of nitriles is 1. The number of rotatable bonds is 5. The van der Waals surface area contributed by atoms with Crippen molar-refractivity contribution in [1.29, 1.82) is 5.26 Å². The molecule has 0 unspecified atom stereocenters. The van der Waals surface area contributed by atoms with Crippen molar-refractivity contribution in [1.82, 2.24) is 4.90 Å². The van der Waals surface area contributed by atoms with E-state index in [1.54, 1.807) is 24.3 Å². The van der Waals surface area contributed by atoms with E-state index in [1.165, 1.54) is 0 Å². The van der Waals surface area contributed by atoms with Gasteiger partial charge in [0.2, 0.25) is 5.91 Å². The molecule has 0 aromatic heterocycles. The summed E-state index contributed by atoms with van der Waals surface area (Å²) in [6.45, 7) is 4.45. The lowest BCUT2D eigenvalue weighted by atomic mass is 10.2. The first-order chi connectivity index (χ1) is 12.6. The minimum atomic E-state index is -0.00743. The molecule has 1 N–H and O–H groups in total. The highest BCUT2D eigenvalue weighted by Gasteiger charge is 2.18. The Kier molecular flexibility index (Phi) is 6.11. The van der Waals surface area contributed by atoms with Crippen LogP contribution in [0.5, 0.6) is 0 Å². The number of piperazine rings is 1. The van der Waals surface area contributed by atoms with Gasteiger partial charge in [-0.25, -0.2) is 0 Å². The molecule has 0 aliphatic carbocycles. The number of nitrogens with zero attached hydrogens (tertiary/aromatic N) is 3. The molecular weight excluding hydrogens is 348 g/mol. The van der Waals surface area contributed by atoms with Crippen molar-refractivity contribution >= 4 is 28.9 Å². The number of amides is 1. The van der Waals surface area contributed by atoms with Gasteiger partial charge >= 0.3 is 0 Å². The van der Waals surface area contributed by atoms with E-state index in [9.17, 15) is 4.79 Å². The van der Waals surface area contributed by atoms with Crippen molar-refractivity contribution in [2.75, 3.05) is 42.9 Å². The number of nitrogens with one attached hydrogen (secondary N) is 1. The molecule has 2 aromatic rings. The van der Waals surface area contributed by atoms with Crippen LogP contribution >= 0.6 is 11.6 Å². The second kappa shape index (κ2) is 8.70. The molecular formula is C20H21ClN4O. The molecule has 26 heavy (non-hydrogen) atoms. The molecule has 2 aromatic carbocycles. The lowest BCUT2D eigenvalue weighted by Gasteiger charge is -2.36. The van der Waals surface area contributed by atoms with Crippen molar-refractivity contribution < 1.29 is 4.79 Å². The maximum absolute atomic E-state index is 12.1. The summed E-state index contributed by atoms with van der Waals surface area (Å²) in [5.41, 5.74) is 2.45. The van der Waals surface area contributed by atoms with Crippen LogP contribution in [0.2, 0.25) is 5.02 Å². The molecule has 1 heterocycles. The van der Waals surface area contributed by atoms with E-state index in [0.717, 1.165) is 49.1 Å². The molecule has 6 heteroatoms. The zero-order valence-corrected chi connectivity index (χ0v) is 15.2. The Labute approximate surface area is 158 Å². The Balaban J connectivity index is 1.41. The van der Waals surface area contributed by atoms with E-state index in [2.05, 4.69) is 27.3 Å². The SMILES string of the molecule is N#Cc1ccc(NC(=O)CCN2CCN(c3cccc(Cl)c3)CC2)cc1. The van der Waals surface area contributed by atoms with Crippen molar-refractivity contribution in [2.45, 2.75) is 6.42 Å². The fraction of sp³-hybridized carbons (Fsp3) is 0.300. The fourth-order valence-electron chi connectivity index (χ4n) is 3.01. The molecule has 0 radical (unpaired) electrons. The standard InChI is InChI=1S/C20H21ClN4O/c21-17-2-1-3-19(14-17)25-12-10-24(11-13-25)9-8-20(26)23-18-6-4-16(15-22)5-7-18/h1-7,14H,8-13H2,(H,23,26). The molecule has 1 fully saturated rings. The van der Waals surface area contributed by atoms with Gasteiger partial charge in [0.05, 0.1) is 11.6 Å². The summed E-state index contributed by atoms with van der Waals surface area (Å²) in [7, 11) is 0. The lowest BCUT2D eigenvalue weighted by Crippen LogP contribution is -2.47. The summed E-state index contributed by atoms with van der Waals surface area (Å²) >= 11 is 6.06. The number of benzene rings is 2. The Morgan fingerprint density at radius 1 is 1.12 bits per heavy atom. The van der Waals surface area contributed by atoms with E-state index in [1.807, 2.05) is 18.2 Å². The number of hydrogen-bond donors (Lipinski definition) is 1. The highest BCUT2D eigenvalue weighted by molar-refractivity contribution is 6.30. The summed E-state index contributed by atoms with van der Waals surface area (Å²) in [6.07, 6.45) is 0.456. The van der Waals surface area contributed by atoms with E-state index in [-0.39, 0.29) is 5.91 Å². The van der Waals surface area contributed by atoms with Crippen molar-refractivity contribution in [3.63, 3.8) is 0 Å². The second-order valence-corrected chi connectivity index (χ2v) is 6.73. The first-order valence-electron chi connectivity index (χ1n) is 8.67. The van der Waals surface area contributed by atoms with Crippen LogP contribution in [0.25, 0.3) is 0 Å². The van der Waals surface area contributed by atoms with Crippen LogP contribution in [-0.4, -0.2) is 43.5 Å². The van der Waals surface area contributed by atoms with Crippen LogP contribution in [-0.2, 0) is 4.79 Å². The highest BCUT2D eigenvalue weighted by Crippen LogP contribution is 2.20. The number of carbonyl (C=O) groups is 1. The number of anilines is 2. The third kappa shape index (κ3) is 4.98. The average Bonchev–Trinajstić information content (AvgIpc) is 2.67. The molecule has 1 saturated heterocycles. The van der Waals surface area contributed by atoms with Gasteiger partial charge in [0.15, 0.2) is 0 Å². The lowest BCUT2D eigenvalue weighted by molar-refractivity contribution is -0.116. The molecule has 5 nitrogen and oxygen atoms in total. The summed E-state index contributed by atoms with van der Waals surface area (Å²) in [6, 6.07) is 16.9. The maximum atomic E-state index is 12.1. The summed E-state index contributed by atoms with van der Waals surface area (Å²) in [5.74, 6) is -0.00743. The zero-order chi connectivity index (χ0) is 18.4. The van der Waals surface area contributed by atoms with Crippen molar-refractivity contribution in [2.24, 2.45) is 0 Å². The van der Waals surface area contributed by atoms with Crippen LogP contribution in [0.3, 0.4) is 0 Å². The third-order valence-electron chi connectivity index (χ3n) is 4.50. The number of carbonyl (C=O) groups excluding carboxylic acids is 1. The molecule has 0 atom stereocenters. The minimum absolute atomic E-state index is 0.00743. The topological polar surface area (TPSA) is 59.4 Å². The number of halogens is 1. The zero-order valence-electron chi connectivity index (χ0n) is 14.5. The van der Waals surface area contributed by atoms with Gasteiger partial charge < -0.3 is 10.2 Å². The maximum Gasteiger partial charge on any atom is 0.225 e. The van der Waals surface area contributed by atoms with Gasteiger partial charge in [-0.05, 0) is 42.5 Å². The summed E-state index contributed by atoms with van der Waals surface area (Å²) < 4.78 is 0. The van der Waals surface area contributed by atoms with Gasteiger partial charge in [-0.2, -0.15) is 5.26 Å². The van der Waals surface area contributed by atoms with Gasteiger partial charge in [0, 0.05) is 55.5 Å². The highest BCUT2D eigenvalue weighted by atomic mass is 35.5. The third-order valence-corrected chi connectivity index (χ3v) is 4.73. The number of hydrogen-bond acceptors (Lipinski definition) is 4. The molecule has 0 spiro atoms. The average molecular weight is 369 g/mol. The minimum Gasteiger partial charge on any atom is -0.369 e. The molecule has 3 rings (SSSR count).